The molecule has 190 valence electrons. The van der Waals surface area contributed by atoms with E-state index in [0.29, 0.717) is 25.1 Å². The number of aryl methyl sites for hydroxylation is 1. The zero-order chi connectivity index (χ0) is 26.0. The number of hydrogen-bond donors (Lipinski definition) is 2. The van der Waals surface area contributed by atoms with Gasteiger partial charge in [-0.15, -0.1) is 0 Å². The zero-order valence-corrected chi connectivity index (χ0v) is 22.3. The first-order valence-electron chi connectivity index (χ1n) is 11.8. The first kappa shape index (κ1) is 26.8. The summed E-state index contributed by atoms with van der Waals surface area (Å²) < 4.78 is 29.1. The normalized spacial score (nSPS) is 12.7. The first-order chi connectivity index (χ1) is 16.2. The molecule has 0 spiro atoms. The Morgan fingerprint density at radius 3 is 2.23 bits per heavy atom. The summed E-state index contributed by atoms with van der Waals surface area (Å²) in [4.78, 5) is 11.5. The third-order valence-corrected chi connectivity index (χ3v) is 7.60. The van der Waals surface area contributed by atoms with E-state index in [9.17, 15) is 13.2 Å². The lowest BCUT2D eigenvalue weighted by atomic mass is 9.72. The SMILES string of the molecule is Cn1ccc2cc(-c3ccc(N(CC(C)(C)CC(C)(C)CCC(=O)NO)S(C)(=O)=O)cc3)ccc21. The monoisotopic (exact) mass is 499 g/mol. The average Bonchev–Trinajstić information content (AvgIpc) is 3.15. The van der Waals surface area contributed by atoms with Gasteiger partial charge in [-0.1, -0.05) is 45.9 Å². The van der Waals surface area contributed by atoms with Crippen LogP contribution in [0.15, 0.2) is 54.7 Å². The van der Waals surface area contributed by atoms with Crippen molar-refractivity contribution in [2.24, 2.45) is 17.9 Å². The van der Waals surface area contributed by atoms with Crippen molar-refractivity contribution in [2.75, 3.05) is 17.1 Å². The Balaban J connectivity index is 1.80. The number of aromatic nitrogens is 1. The van der Waals surface area contributed by atoms with E-state index in [1.807, 2.05) is 51.4 Å². The van der Waals surface area contributed by atoms with E-state index in [-0.39, 0.29) is 17.3 Å². The zero-order valence-electron chi connectivity index (χ0n) is 21.5. The van der Waals surface area contributed by atoms with E-state index in [1.54, 1.807) is 5.48 Å². The van der Waals surface area contributed by atoms with Crippen LogP contribution < -0.4 is 9.79 Å². The summed E-state index contributed by atoms with van der Waals surface area (Å²) in [5.74, 6) is -0.417. The Bertz CT molecular complexity index is 1290. The van der Waals surface area contributed by atoms with E-state index >= 15 is 0 Å². The number of nitrogens with one attached hydrogen (secondary N) is 1. The van der Waals surface area contributed by atoms with Gasteiger partial charge < -0.3 is 4.57 Å². The molecule has 0 saturated heterocycles. The molecule has 0 aliphatic heterocycles. The standard InChI is InChI=1S/C27H37N3O4S/c1-26(2,15-13-25(31)28-32)18-27(3,4)19-30(35(6,33)34)23-10-7-20(8-11-23)21-9-12-24-22(17-21)14-16-29(24)5/h7-12,14,16-17,32H,13,15,18-19H2,1-6H3,(H,28,31). The van der Waals surface area contributed by atoms with Gasteiger partial charge in [-0.2, -0.15) is 0 Å². The number of anilines is 1. The van der Waals surface area contributed by atoms with Gasteiger partial charge in [0.2, 0.25) is 15.9 Å². The van der Waals surface area contributed by atoms with Crippen molar-refractivity contribution < 1.29 is 18.4 Å². The largest absolute Gasteiger partial charge is 0.351 e. The maximum Gasteiger partial charge on any atom is 0.243 e. The topological polar surface area (TPSA) is 91.6 Å². The predicted molar refractivity (Wildman–Crippen MR) is 142 cm³/mol. The van der Waals surface area contributed by atoms with Gasteiger partial charge in [-0.05, 0) is 65.1 Å². The number of hydrogen-bond acceptors (Lipinski definition) is 4. The van der Waals surface area contributed by atoms with Crippen molar-refractivity contribution in [3.8, 4) is 11.1 Å². The van der Waals surface area contributed by atoms with Crippen molar-refractivity contribution in [1.82, 2.24) is 10.0 Å². The molecule has 0 unspecified atom stereocenters. The smallest absolute Gasteiger partial charge is 0.243 e. The van der Waals surface area contributed by atoms with Gasteiger partial charge in [0.1, 0.15) is 0 Å². The molecule has 3 rings (SSSR count). The molecule has 2 N–H and O–H groups in total. The first-order valence-corrected chi connectivity index (χ1v) is 13.6. The van der Waals surface area contributed by atoms with Crippen molar-refractivity contribution in [3.63, 3.8) is 0 Å². The second-order valence-electron chi connectivity index (χ2n) is 11.1. The maximum atomic E-state index is 12.8. The number of nitrogens with zero attached hydrogens (tertiary/aromatic N) is 2. The molecule has 8 heteroatoms. The number of fused-ring (bicyclic) bond motifs is 1. The summed E-state index contributed by atoms with van der Waals surface area (Å²) in [5.41, 5.74) is 5.01. The highest BCUT2D eigenvalue weighted by Crippen LogP contribution is 2.39. The third-order valence-electron chi connectivity index (χ3n) is 6.46. The van der Waals surface area contributed by atoms with Gasteiger partial charge in [0.25, 0.3) is 0 Å². The molecule has 0 radical (unpaired) electrons. The van der Waals surface area contributed by atoms with Crippen LogP contribution in [0, 0.1) is 10.8 Å². The Morgan fingerprint density at radius 2 is 1.63 bits per heavy atom. The second kappa shape index (κ2) is 10.0. The number of sulfonamides is 1. The lowest BCUT2D eigenvalue weighted by Crippen LogP contribution is -2.40. The van der Waals surface area contributed by atoms with E-state index in [2.05, 4.69) is 42.7 Å². The van der Waals surface area contributed by atoms with Gasteiger partial charge in [0, 0.05) is 37.1 Å². The Labute approximate surface area is 208 Å². The van der Waals surface area contributed by atoms with E-state index in [0.717, 1.165) is 22.0 Å². The summed E-state index contributed by atoms with van der Waals surface area (Å²) in [6.07, 6.45) is 4.77. The molecule has 2 aromatic carbocycles. The summed E-state index contributed by atoms with van der Waals surface area (Å²) in [5, 5.41) is 9.92. The maximum absolute atomic E-state index is 12.8. The Morgan fingerprint density at radius 1 is 1.00 bits per heavy atom. The van der Waals surface area contributed by atoms with E-state index in [4.69, 9.17) is 5.21 Å². The van der Waals surface area contributed by atoms with Crippen LogP contribution in [0.3, 0.4) is 0 Å². The molecule has 0 fully saturated rings. The molecule has 0 aliphatic carbocycles. The second-order valence-corrected chi connectivity index (χ2v) is 13.0. The van der Waals surface area contributed by atoms with Gasteiger partial charge in [0.05, 0.1) is 11.9 Å². The summed E-state index contributed by atoms with van der Waals surface area (Å²) in [6.45, 7) is 8.52. The lowest BCUT2D eigenvalue weighted by Gasteiger charge is -2.38. The fourth-order valence-corrected chi connectivity index (χ4v) is 6.11. The number of rotatable bonds is 10. The third kappa shape index (κ3) is 6.86. The van der Waals surface area contributed by atoms with Gasteiger partial charge in [-0.3, -0.25) is 14.3 Å². The molecule has 7 nitrogen and oxygen atoms in total. The van der Waals surface area contributed by atoms with Crippen LogP contribution in [0.5, 0.6) is 0 Å². The molecular formula is C27H37N3O4S. The van der Waals surface area contributed by atoms with Crippen molar-refractivity contribution in [3.05, 3.63) is 54.7 Å². The Hall–Kier alpha value is -2.84. The summed E-state index contributed by atoms with van der Waals surface area (Å²) >= 11 is 0. The van der Waals surface area contributed by atoms with Crippen LogP contribution >= 0.6 is 0 Å². The average molecular weight is 500 g/mol. The number of amides is 1. The summed E-state index contributed by atoms with van der Waals surface area (Å²) in [7, 11) is -1.49. The van der Waals surface area contributed by atoms with Gasteiger partial charge in [-0.25, -0.2) is 13.9 Å². The lowest BCUT2D eigenvalue weighted by molar-refractivity contribution is -0.129. The fraction of sp³-hybridized carbons (Fsp3) is 0.444. The molecule has 1 amide bonds. The molecule has 0 bridgehead atoms. The highest BCUT2D eigenvalue weighted by Gasteiger charge is 2.33. The molecule has 1 heterocycles. The molecular weight excluding hydrogens is 462 g/mol. The quantitative estimate of drug-likeness (QED) is 0.291. The molecule has 3 aromatic rings. The molecule has 1 aromatic heterocycles. The predicted octanol–water partition coefficient (Wildman–Crippen LogP) is 5.34. The molecule has 35 heavy (non-hydrogen) atoms. The van der Waals surface area contributed by atoms with E-state index in [1.165, 1.54) is 10.6 Å². The van der Waals surface area contributed by atoms with Crippen molar-refractivity contribution >= 4 is 32.5 Å². The van der Waals surface area contributed by atoms with Crippen LogP contribution in [0.1, 0.15) is 47.0 Å². The number of hydroxylamine groups is 1. The molecule has 0 saturated carbocycles. The highest BCUT2D eigenvalue weighted by atomic mass is 32.2. The van der Waals surface area contributed by atoms with Crippen molar-refractivity contribution in [1.29, 1.82) is 0 Å². The van der Waals surface area contributed by atoms with Crippen LogP contribution in [0.4, 0.5) is 5.69 Å². The molecule has 0 aliphatic rings. The number of carbonyl (C=O) groups excluding carboxylic acids is 1. The Kier molecular flexibility index (Phi) is 7.67. The van der Waals surface area contributed by atoms with Gasteiger partial charge >= 0.3 is 0 Å². The molecule has 0 atom stereocenters. The van der Waals surface area contributed by atoms with Crippen LogP contribution in [-0.4, -0.2) is 36.9 Å². The number of benzene rings is 2. The summed E-state index contributed by atoms with van der Waals surface area (Å²) in [6, 6.07) is 16.0. The minimum absolute atomic E-state index is 0.209. The van der Waals surface area contributed by atoms with E-state index < -0.39 is 15.9 Å². The van der Waals surface area contributed by atoms with Crippen molar-refractivity contribution in [2.45, 2.75) is 47.0 Å². The van der Waals surface area contributed by atoms with Crippen LogP contribution in [0.2, 0.25) is 0 Å². The fourth-order valence-electron chi connectivity index (χ4n) is 5.02. The van der Waals surface area contributed by atoms with Gasteiger partial charge in [0.15, 0.2) is 0 Å². The van der Waals surface area contributed by atoms with Crippen LogP contribution in [-0.2, 0) is 21.9 Å². The van der Waals surface area contributed by atoms with Crippen LogP contribution in [0.25, 0.3) is 22.0 Å². The minimum Gasteiger partial charge on any atom is -0.351 e. The number of carbonyl (C=O) groups is 1. The highest BCUT2D eigenvalue weighted by molar-refractivity contribution is 7.92. The minimum atomic E-state index is -3.51.